The van der Waals surface area contributed by atoms with Gasteiger partial charge in [-0.25, -0.2) is 33.7 Å². The van der Waals surface area contributed by atoms with E-state index in [2.05, 4.69) is 0 Å². The molecule has 4 rings (SSSR count). The van der Waals surface area contributed by atoms with Gasteiger partial charge in [0.05, 0.1) is 19.6 Å². The minimum absolute atomic E-state index is 0.0438. The van der Waals surface area contributed by atoms with Crippen LogP contribution < -0.4 is 0 Å². The normalized spacial score (nSPS) is 12.9. The van der Waals surface area contributed by atoms with Crippen LogP contribution in [0.15, 0.2) is 68.1 Å². The molecule has 0 aliphatic carbocycles. The quantitative estimate of drug-likeness (QED) is 0.0596. The second-order valence-electron chi connectivity index (χ2n) is 18.9. The van der Waals surface area contributed by atoms with Gasteiger partial charge in [-0.15, -0.1) is 0 Å². The van der Waals surface area contributed by atoms with Crippen molar-refractivity contribution in [1.82, 2.24) is 17.2 Å². The number of hydrogen-bond donors (Lipinski definition) is 0. The fourth-order valence-electron chi connectivity index (χ4n) is 10.1. The van der Waals surface area contributed by atoms with Gasteiger partial charge in [-0.2, -0.15) is 17.2 Å². The molecule has 0 N–H and O–H groups in total. The Balaban J connectivity index is 1.65. The second-order valence-corrected chi connectivity index (χ2v) is 26.4. The van der Waals surface area contributed by atoms with Gasteiger partial charge in [-0.3, -0.25) is 0 Å². The molecule has 0 aliphatic heterocycles. The molecule has 0 fully saturated rings. The predicted molar refractivity (Wildman–Crippen MR) is 277 cm³/mol. The van der Waals surface area contributed by atoms with E-state index in [0.717, 1.165) is 22.3 Å². The summed E-state index contributed by atoms with van der Waals surface area (Å²) in [5.41, 5.74) is 8.91. The number of rotatable bonds is 25. The summed E-state index contributed by atoms with van der Waals surface area (Å²) in [6.45, 7) is 26.8. The van der Waals surface area contributed by atoms with Crippen LogP contribution in [0, 0.1) is 83.1 Å². The lowest BCUT2D eigenvalue weighted by Gasteiger charge is -2.28. The van der Waals surface area contributed by atoms with Crippen LogP contribution in [0.1, 0.15) is 119 Å². The maximum Gasteiger partial charge on any atom is 0.243 e. The second kappa shape index (κ2) is 23.6. The van der Waals surface area contributed by atoms with Gasteiger partial charge < -0.3 is 0 Å². The fraction of sp³-hybridized carbons (Fsp3) is 0.538. The summed E-state index contributed by atoms with van der Waals surface area (Å²) in [5.74, 6) is 0. The smallest absolute Gasteiger partial charge is 0.207 e. The number of hydrogen-bond acceptors (Lipinski definition) is 8. The minimum Gasteiger partial charge on any atom is -0.207 e. The zero-order valence-electron chi connectivity index (χ0n) is 43.2. The van der Waals surface area contributed by atoms with Crippen LogP contribution in [0.3, 0.4) is 0 Å². The molecule has 0 spiro atoms. The molecule has 0 atom stereocenters. The summed E-state index contributed by atoms with van der Waals surface area (Å²) in [7, 11) is -16.0. The van der Waals surface area contributed by atoms with Gasteiger partial charge in [0.25, 0.3) is 0 Å². The first-order valence-electron chi connectivity index (χ1n) is 23.9. The van der Waals surface area contributed by atoms with Crippen molar-refractivity contribution in [3.05, 3.63) is 115 Å². The monoisotopic (exact) mass is 1010 g/mol. The zero-order chi connectivity index (χ0) is 51.1. The van der Waals surface area contributed by atoms with Gasteiger partial charge in [0.2, 0.25) is 40.1 Å². The number of aryl methyl sites for hydroxylation is 12. The molecule has 4 aromatic rings. The molecule has 0 amide bonds. The predicted octanol–water partition coefficient (Wildman–Crippen LogP) is 9.83. The van der Waals surface area contributed by atoms with E-state index < -0.39 is 40.1 Å². The first-order chi connectivity index (χ1) is 31.6. The Morgan fingerprint density at radius 1 is 0.279 bits per heavy atom. The highest BCUT2D eigenvalue weighted by molar-refractivity contribution is 7.90. The van der Waals surface area contributed by atoms with E-state index in [1.165, 1.54) is 17.2 Å². The van der Waals surface area contributed by atoms with Crippen LogP contribution in [-0.2, 0) is 40.1 Å². The Bertz CT molecular complexity index is 2610. The van der Waals surface area contributed by atoms with E-state index in [9.17, 15) is 33.7 Å². The maximum absolute atomic E-state index is 14.7. The summed E-state index contributed by atoms with van der Waals surface area (Å²) in [6.07, 6.45) is 2.23. The summed E-state index contributed by atoms with van der Waals surface area (Å²) in [4.78, 5) is 0.977. The molecule has 0 unspecified atom stereocenters. The average molecular weight is 1020 g/mol. The van der Waals surface area contributed by atoms with Crippen molar-refractivity contribution >= 4 is 40.1 Å². The molecule has 0 bridgehead atoms. The van der Waals surface area contributed by atoms with Crippen molar-refractivity contribution in [2.24, 2.45) is 0 Å². The first kappa shape index (κ1) is 57.1. The minimum atomic E-state index is -4.09. The van der Waals surface area contributed by atoms with Crippen molar-refractivity contribution < 1.29 is 33.7 Å². The number of nitrogens with zero attached hydrogens (tertiary/aromatic N) is 4. The fourth-order valence-corrected chi connectivity index (χ4v) is 18.0. The summed E-state index contributed by atoms with van der Waals surface area (Å²) >= 11 is 0. The molecular formula is C52H78N4O8S4. The summed E-state index contributed by atoms with van der Waals surface area (Å²) in [5, 5.41) is 0. The highest BCUT2D eigenvalue weighted by Gasteiger charge is 2.33. The Labute approximate surface area is 411 Å². The molecule has 0 saturated heterocycles. The van der Waals surface area contributed by atoms with Gasteiger partial charge in [-0.05, 0) is 166 Å². The van der Waals surface area contributed by atoms with E-state index in [0.29, 0.717) is 70.2 Å². The van der Waals surface area contributed by atoms with Crippen molar-refractivity contribution in [2.45, 2.75) is 155 Å². The molecule has 68 heavy (non-hydrogen) atoms. The van der Waals surface area contributed by atoms with Gasteiger partial charge in [0, 0.05) is 52.4 Å². The molecule has 0 heterocycles. The third-order valence-electron chi connectivity index (χ3n) is 12.5. The van der Waals surface area contributed by atoms with Crippen LogP contribution in [0.4, 0.5) is 0 Å². The molecule has 0 aliphatic rings. The Kier molecular flexibility index (Phi) is 19.8. The highest BCUT2D eigenvalue weighted by Crippen LogP contribution is 2.31. The van der Waals surface area contributed by atoms with Crippen molar-refractivity contribution in [3.8, 4) is 0 Å². The molecule has 4 aromatic carbocycles. The van der Waals surface area contributed by atoms with E-state index in [4.69, 9.17) is 0 Å². The van der Waals surface area contributed by atoms with Crippen molar-refractivity contribution in [2.75, 3.05) is 52.4 Å². The van der Waals surface area contributed by atoms with Crippen LogP contribution in [-0.4, -0.2) is 103 Å². The molecule has 378 valence electrons. The summed E-state index contributed by atoms with van der Waals surface area (Å²) < 4.78 is 122. The average Bonchev–Trinajstić information content (AvgIpc) is 3.17. The van der Waals surface area contributed by atoms with Crippen LogP contribution in [0.25, 0.3) is 0 Å². The molecule has 0 aromatic heterocycles. The van der Waals surface area contributed by atoms with Gasteiger partial charge >= 0.3 is 0 Å². The van der Waals surface area contributed by atoms with E-state index in [1.54, 1.807) is 55.4 Å². The Morgan fingerprint density at radius 3 is 0.618 bits per heavy atom. The number of benzene rings is 4. The van der Waals surface area contributed by atoms with Gasteiger partial charge in [0.1, 0.15) is 0 Å². The lowest BCUT2D eigenvalue weighted by atomic mass is 10.1. The standard InChI is InChI=1S/C52H78N4O8S4/c1-15-21-53(65(57,58)49-41(7)29-37(3)30-42(49)8)25-19-27-55(67(61,62)51-45(11)33-39(5)34-46(51)12)23-17-18-24-56(68(63,64)52-47(13)35-40(6)36-48(52)14)28-20-26-54(22-16-2)66(59,60)50-43(9)31-38(4)32-44(50)10/h29-36H,15-28H2,1-14H3. The lowest BCUT2D eigenvalue weighted by Crippen LogP contribution is -2.39. The van der Waals surface area contributed by atoms with Crippen LogP contribution in [0.5, 0.6) is 0 Å². The Hall–Kier alpha value is -3.48. The molecular weight excluding hydrogens is 937 g/mol. The molecule has 0 saturated carbocycles. The lowest BCUT2D eigenvalue weighted by molar-refractivity contribution is 0.335. The Morgan fingerprint density at radius 2 is 0.441 bits per heavy atom. The topological polar surface area (TPSA) is 150 Å². The van der Waals surface area contributed by atoms with E-state index in [1.807, 2.05) is 90.1 Å². The number of sulfonamides is 4. The van der Waals surface area contributed by atoms with Gasteiger partial charge in [0.15, 0.2) is 0 Å². The number of unbranched alkanes of at least 4 members (excludes halogenated alkanes) is 1. The van der Waals surface area contributed by atoms with Gasteiger partial charge in [-0.1, -0.05) is 84.6 Å². The molecule has 12 nitrogen and oxygen atoms in total. The van der Waals surface area contributed by atoms with Crippen LogP contribution in [0.2, 0.25) is 0 Å². The third-order valence-corrected chi connectivity index (χ3v) is 21.3. The zero-order valence-corrected chi connectivity index (χ0v) is 46.5. The first-order valence-corrected chi connectivity index (χ1v) is 29.7. The SMILES string of the molecule is CCCN(CCCN(CCCCN(CCCN(CCC)S(=O)(=O)c1c(C)cc(C)cc1C)S(=O)(=O)c1c(C)cc(C)cc1C)S(=O)(=O)c1c(C)cc(C)cc1C)S(=O)(=O)c1c(C)cc(C)cc1C. The summed E-state index contributed by atoms with van der Waals surface area (Å²) in [6, 6.07) is 14.8. The molecule has 16 heteroatoms. The highest BCUT2D eigenvalue weighted by atomic mass is 32.2. The van der Waals surface area contributed by atoms with E-state index in [-0.39, 0.29) is 84.8 Å². The van der Waals surface area contributed by atoms with Crippen molar-refractivity contribution in [3.63, 3.8) is 0 Å². The van der Waals surface area contributed by atoms with E-state index >= 15 is 0 Å². The largest absolute Gasteiger partial charge is 0.243 e. The third kappa shape index (κ3) is 13.3. The molecule has 0 radical (unpaired) electrons. The van der Waals surface area contributed by atoms with Crippen LogP contribution >= 0.6 is 0 Å². The van der Waals surface area contributed by atoms with Crippen molar-refractivity contribution in [1.29, 1.82) is 0 Å². The maximum atomic E-state index is 14.7.